The number of hydrogen-bond acceptors (Lipinski definition) is 1. The van der Waals surface area contributed by atoms with E-state index >= 15 is 0 Å². The molecule has 0 bridgehead atoms. The SMILES string of the molecule is CNC(C)C(Cl)c1ccccc1.Cl. The Morgan fingerprint density at radius 2 is 1.77 bits per heavy atom. The molecule has 2 unspecified atom stereocenters. The summed E-state index contributed by atoms with van der Waals surface area (Å²) in [4.78, 5) is 0. The Morgan fingerprint density at radius 3 is 2.23 bits per heavy atom. The third-order valence-corrected chi connectivity index (χ3v) is 2.64. The number of likely N-dealkylation sites (N-methyl/N-ethyl adjacent to an activating group) is 1. The second-order valence-corrected chi connectivity index (χ2v) is 3.36. The average Bonchev–Trinajstić information content (AvgIpc) is 2.17. The summed E-state index contributed by atoms with van der Waals surface area (Å²) in [6.45, 7) is 2.07. The van der Waals surface area contributed by atoms with Crippen LogP contribution >= 0.6 is 24.0 Å². The van der Waals surface area contributed by atoms with Crippen molar-refractivity contribution in [2.75, 3.05) is 7.05 Å². The van der Waals surface area contributed by atoms with Crippen LogP contribution in [0.25, 0.3) is 0 Å². The molecule has 1 N–H and O–H groups in total. The van der Waals surface area contributed by atoms with Crippen molar-refractivity contribution in [3.8, 4) is 0 Å². The molecule has 0 aliphatic heterocycles. The summed E-state index contributed by atoms with van der Waals surface area (Å²) in [5.41, 5.74) is 1.17. The fourth-order valence-electron chi connectivity index (χ4n) is 1.07. The second-order valence-electron chi connectivity index (χ2n) is 2.89. The molecule has 0 spiro atoms. The van der Waals surface area contributed by atoms with Gasteiger partial charge in [0.1, 0.15) is 0 Å². The van der Waals surface area contributed by atoms with Gasteiger partial charge in [-0.05, 0) is 19.5 Å². The summed E-state index contributed by atoms with van der Waals surface area (Å²) in [5, 5.41) is 3.18. The van der Waals surface area contributed by atoms with E-state index in [4.69, 9.17) is 11.6 Å². The van der Waals surface area contributed by atoms with E-state index < -0.39 is 0 Å². The fraction of sp³-hybridized carbons (Fsp3) is 0.400. The molecule has 0 fully saturated rings. The van der Waals surface area contributed by atoms with Gasteiger partial charge in [0, 0.05) is 6.04 Å². The molecule has 1 rings (SSSR count). The van der Waals surface area contributed by atoms with E-state index in [9.17, 15) is 0 Å². The van der Waals surface area contributed by atoms with Crippen LogP contribution in [-0.2, 0) is 0 Å². The lowest BCUT2D eigenvalue weighted by Gasteiger charge is -2.17. The second kappa shape index (κ2) is 6.25. The predicted molar refractivity (Wildman–Crippen MR) is 60.8 cm³/mol. The van der Waals surface area contributed by atoms with E-state index in [1.807, 2.05) is 37.4 Å². The molecule has 0 amide bonds. The molecular formula is C10H15Cl2N. The number of halogens is 2. The van der Waals surface area contributed by atoms with Crippen LogP contribution in [0.4, 0.5) is 0 Å². The lowest BCUT2D eigenvalue weighted by atomic mass is 10.1. The third-order valence-electron chi connectivity index (χ3n) is 2.01. The number of rotatable bonds is 3. The van der Waals surface area contributed by atoms with Gasteiger partial charge in [0.25, 0.3) is 0 Å². The molecule has 1 aromatic rings. The molecular weight excluding hydrogens is 205 g/mol. The van der Waals surface area contributed by atoms with Gasteiger partial charge in [0.2, 0.25) is 0 Å². The summed E-state index contributed by atoms with van der Waals surface area (Å²) in [7, 11) is 1.92. The first kappa shape index (κ1) is 12.8. The van der Waals surface area contributed by atoms with Gasteiger partial charge in [0.15, 0.2) is 0 Å². The van der Waals surface area contributed by atoms with Gasteiger partial charge < -0.3 is 5.32 Å². The first-order valence-corrected chi connectivity index (χ1v) is 4.55. The molecule has 0 aromatic heterocycles. The minimum Gasteiger partial charge on any atom is -0.315 e. The number of hydrogen-bond donors (Lipinski definition) is 1. The van der Waals surface area contributed by atoms with Crippen molar-refractivity contribution in [2.45, 2.75) is 18.3 Å². The molecule has 0 radical (unpaired) electrons. The maximum atomic E-state index is 6.19. The summed E-state index contributed by atoms with van der Waals surface area (Å²) in [6.07, 6.45) is 0. The van der Waals surface area contributed by atoms with Crippen LogP contribution in [-0.4, -0.2) is 13.1 Å². The lowest BCUT2D eigenvalue weighted by molar-refractivity contribution is 0.592. The van der Waals surface area contributed by atoms with E-state index in [1.165, 1.54) is 5.56 Å². The Hall–Kier alpha value is -0.240. The van der Waals surface area contributed by atoms with Crippen molar-refractivity contribution >= 4 is 24.0 Å². The van der Waals surface area contributed by atoms with Crippen molar-refractivity contribution in [1.29, 1.82) is 0 Å². The number of nitrogens with one attached hydrogen (secondary N) is 1. The Balaban J connectivity index is 0.00000144. The highest BCUT2D eigenvalue weighted by atomic mass is 35.5. The van der Waals surface area contributed by atoms with Gasteiger partial charge in [0.05, 0.1) is 5.38 Å². The van der Waals surface area contributed by atoms with Crippen molar-refractivity contribution in [3.05, 3.63) is 35.9 Å². The maximum absolute atomic E-state index is 6.19. The average molecular weight is 220 g/mol. The lowest BCUT2D eigenvalue weighted by Crippen LogP contribution is -2.25. The van der Waals surface area contributed by atoms with Crippen LogP contribution in [0.2, 0.25) is 0 Å². The molecule has 2 atom stereocenters. The van der Waals surface area contributed by atoms with Gasteiger partial charge in [-0.3, -0.25) is 0 Å². The van der Waals surface area contributed by atoms with E-state index in [0.717, 1.165) is 0 Å². The van der Waals surface area contributed by atoms with E-state index in [0.29, 0.717) is 6.04 Å². The molecule has 1 aromatic carbocycles. The smallest absolute Gasteiger partial charge is 0.0735 e. The summed E-state index contributed by atoms with van der Waals surface area (Å²) in [6, 6.07) is 10.4. The van der Waals surface area contributed by atoms with Crippen LogP contribution in [0.3, 0.4) is 0 Å². The highest BCUT2D eigenvalue weighted by Crippen LogP contribution is 2.23. The van der Waals surface area contributed by atoms with Gasteiger partial charge in [-0.1, -0.05) is 30.3 Å². The summed E-state index contributed by atoms with van der Waals surface area (Å²) >= 11 is 6.19. The Labute approximate surface area is 90.9 Å². The summed E-state index contributed by atoms with van der Waals surface area (Å²) in [5.74, 6) is 0. The van der Waals surface area contributed by atoms with Gasteiger partial charge >= 0.3 is 0 Å². The van der Waals surface area contributed by atoms with E-state index in [-0.39, 0.29) is 17.8 Å². The quantitative estimate of drug-likeness (QED) is 0.772. The zero-order valence-electron chi connectivity index (χ0n) is 7.83. The minimum atomic E-state index is 0. The Bertz CT molecular complexity index is 226. The topological polar surface area (TPSA) is 12.0 Å². The number of benzene rings is 1. The van der Waals surface area contributed by atoms with Crippen molar-refractivity contribution in [2.24, 2.45) is 0 Å². The molecule has 3 heteroatoms. The van der Waals surface area contributed by atoms with Gasteiger partial charge in [-0.2, -0.15) is 0 Å². The molecule has 74 valence electrons. The molecule has 0 saturated carbocycles. The highest BCUT2D eigenvalue weighted by molar-refractivity contribution is 6.21. The number of alkyl halides is 1. The maximum Gasteiger partial charge on any atom is 0.0735 e. The van der Waals surface area contributed by atoms with Gasteiger partial charge in [-0.25, -0.2) is 0 Å². The fourth-order valence-corrected chi connectivity index (χ4v) is 1.34. The largest absolute Gasteiger partial charge is 0.315 e. The van der Waals surface area contributed by atoms with Crippen LogP contribution in [0.5, 0.6) is 0 Å². The Kier molecular flexibility index (Phi) is 6.13. The highest BCUT2D eigenvalue weighted by Gasteiger charge is 2.13. The van der Waals surface area contributed by atoms with Crippen molar-refractivity contribution < 1.29 is 0 Å². The van der Waals surface area contributed by atoms with E-state index in [2.05, 4.69) is 12.2 Å². The molecule has 13 heavy (non-hydrogen) atoms. The normalized spacial score (nSPS) is 14.4. The monoisotopic (exact) mass is 219 g/mol. The first-order chi connectivity index (χ1) is 5.75. The molecule has 1 nitrogen and oxygen atoms in total. The van der Waals surface area contributed by atoms with Crippen LogP contribution in [0, 0.1) is 0 Å². The van der Waals surface area contributed by atoms with Crippen LogP contribution in [0.15, 0.2) is 30.3 Å². The predicted octanol–water partition coefficient (Wildman–Crippen LogP) is 3.00. The summed E-state index contributed by atoms with van der Waals surface area (Å²) < 4.78 is 0. The Morgan fingerprint density at radius 1 is 1.23 bits per heavy atom. The molecule has 0 heterocycles. The first-order valence-electron chi connectivity index (χ1n) is 4.12. The van der Waals surface area contributed by atoms with Crippen LogP contribution in [0.1, 0.15) is 17.9 Å². The van der Waals surface area contributed by atoms with Crippen molar-refractivity contribution in [3.63, 3.8) is 0 Å². The minimum absolute atomic E-state index is 0. The molecule has 0 aliphatic carbocycles. The van der Waals surface area contributed by atoms with Crippen LogP contribution < -0.4 is 5.32 Å². The zero-order valence-corrected chi connectivity index (χ0v) is 9.40. The third kappa shape index (κ3) is 3.55. The van der Waals surface area contributed by atoms with E-state index in [1.54, 1.807) is 0 Å². The molecule has 0 aliphatic rings. The zero-order chi connectivity index (χ0) is 8.97. The van der Waals surface area contributed by atoms with Crippen molar-refractivity contribution in [1.82, 2.24) is 5.32 Å². The van der Waals surface area contributed by atoms with Gasteiger partial charge in [-0.15, -0.1) is 24.0 Å². The standard InChI is InChI=1S/C10H14ClN.ClH/c1-8(12-2)10(11)9-6-4-3-5-7-9;/h3-8,10,12H,1-2H3;1H. The molecule has 0 saturated heterocycles.